The fourth-order valence-electron chi connectivity index (χ4n) is 2.08. The van der Waals surface area contributed by atoms with Crippen molar-refractivity contribution in [3.05, 3.63) is 57.8 Å². The summed E-state index contributed by atoms with van der Waals surface area (Å²) in [5, 5.41) is 12.8. The van der Waals surface area contributed by atoms with Crippen LogP contribution in [-0.2, 0) is 17.9 Å². The van der Waals surface area contributed by atoms with Crippen LogP contribution in [0.3, 0.4) is 0 Å². The van der Waals surface area contributed by atoms with Crippen molar-refractivity contribution in [2.45, 2.75) is 13.1 Å². The molecule has 2 aromatic heterocycles. The molecule has 0 unspecified atom stereocenters. The number of methoxy groups -OCH3 is 1. The molecule has 3 aromatic rings. The molecule has 0 aliphatic heterocycles. The number of nitrogens with one attached hydrogen (secondary N) is 1. The van der Waals surface area contributed by atoms with Crippen LogP contribution >= 0.6 is 11.3 Å². The van der Waals surface area contributed by atoms with Gasteiger partial charge in [-0.05, 0) is 45.6 Å². The minimum Gasteiger partial charge on any atom is -0.497 e. The predicted molar refractivity (Wildman–Crippen MR) is 88.3 cm³/mol. The molecule has 0 radical (unpaired) electrons. The number of benzene rings is 1. The van der Waals surface area contributed by atoms with Gasteiger partial charge in [0, 0.05) is 6.54 Å². The van der Waals surface area contributed by atoms with E-state index in [4.69, 9.17) is 4.74 Å². The molecule has 0 saturated carbocycles. The van der Waals surface area contributed by atoms with Crippen LogP contribution in [0.2, 0.25) is 0 Å². The topological polar surface area (TPSA) is 91.0 Å². The van der Waals surface area contributed by atoms with Crippen LogP contribution in [0, 0.1) is 0 Å². The van der Waals surface area contributed by atoms with E-state index in [0.717, 1.165) is 16.0 Å². The number of nitrogens with zero attached hydrogens (tertiary/aromatic N) is 4. The molecule has 8 nitrogen and oxygen atoms in total. The molecule has 1 aromatic carbocycles. The first-order chi connectivity index (χ1) is 11.7. The summed E-state index contributed by atoms with van der Waals surface area (Å²) in [5.41, 5.74) is 0.450. The van der Waals surface area contributed by atoms with Gasteiger partial charge in [0.25, 0.3) is 0 Å². The van der Waals surface area contributed by atoms with Crippen LogP contribution in [0.15, 0.2) is 46.6 Å². The van der Waals surface area contributed by atoms with Crippen LogP contribution in [0.5, 0.6) is 5.75 Å². The standard InChI is InChI=1S/C15H15N5O3S/c1-23-12-5-2-4-11(8-12)9-16-13(21)10-19-15(22)20(18-17-19)14-6-3-7-24-14/h2-8H,9-10H2,1H3,(H,16,21). The molecule has 0 saturated heterocycles. The van der Waals surface area contributed by atoms with Gasteiger partial charge in [-0.15, -0.1) is 11.3 Å². The lowest BCUT2D eigenvalue weighted by Crippen LogP contribution is -2.33. The molecule has 24 heavy (non-hydrogen) atoms. The number of rotatable bonds is 6. The summed E-state index contributed by atoms with van der Waals surface area (Å²) in [7, 11) is 1.58. The van der Waals surface area contributed by atoms with Gasteiger partial charge in [-0.25, -0.2) is 4.79 Å². The molecular weight excluding hydrogens is 330 g/mol. The van der Waals surface area contributed by atoms with Gasteiger partial charge in [0.15, 0.2) is 0 Å². The molecule has 2 heterocycles. The van der Waals surface area contributed by atoms with Gasteiger partial charge >= 0.3 is 5.69 Å². The van der Waals surface area contributed by atoms with Gasteiger partial charge in [0.2, 0.25) is 5.91 Å². The number of hydrogen-bond donors (Lipinski definition) is 1. The third-order valence-electron chi connectivity index (χ3n) is 3.27. The van der Waals surface area contributed by atoms with Crippen LogP contribution in [0.4, 0.5) is 0 Å². The Morgan fingerprint density at radius 1 is 1.29 bits per heavy atom. The average molecular weight is 345 g/mol. The fraction of sp³-hybridized carbons (Fsp3) is 0.200. The Morgan fingerprint density at radius 3 is 2.92 bits per heavy atom. The van der Waals surface area contributed by atoms with E-state index in [-0.39, 0.29) is 12.5 Å². The molecule has 1 N–H and O–H groups in total. The zero-order valence-electron chi connectivity index (χ0n) is 12.9. The lowest BCUT2D eigenvalue weighted by Gasteiger charge is -2.06. The molecule has 3 rings (SSSR count). The Kier molecular flexibility index (Phi) is 4.71. The van der Waals surface area contributed by atoms with Crippen LogP contribution in [0.25, 0.3) is 5.00 Å². The Bertz CT molecular complexity index is 885. The Labute approximate surface area is 141 Å². The van der Waals surface area contributed by atoms with Crippen molar-refractivity contribution in [1.29, 1.82) is 0 Å². The van der Waals surface area contributed by atoms with Crippen molar-refractivity contribution >= 4 is 17.2 Å². The van der Waals surface area contributed by atoms with Gasteiger partial charge < -0.3 is 10.1 Å². The van der Waals surface area contributed by atoms with E-state index < -0.39 is 5.69 Å². The number of ether oxygens (including phenoxy) is 1. The normalized spacial score (nSPS) is 10.5. The highest BCUT2D eigenvalue weighted by Crippen LogP contribution is 2.12. The number of tetrazole rings is 1. The maximum Gasteiger partial charge on any atom is 0.369 e. The highest BCUT2D eigenvalue weighted by molar-refractivity contribution is 7.12. The third-order valence-corrected chi connectivity index (χ3v) is 4.12. The van der Waals surface area contributed by atoms with Crippen molar-refractivity contribution in [2.24, 2.45) is 0 Å². The molecule has 1 amide bonds. The predicted octanol–water partition coefficient (Wildman–Crippen LogP) is 0.815. The first-order valence-corrected chi connectivity index (χ1v) is 8.01. The van der Waals surface area contributed by atoms with Crippen molar-refractivity contribution in [1.82, 2.24) is 25.1 Å². The van der Waals surface area contributed by atoms with Crippen molar-refractivity contribution in [2.75, 3.05) is 7.11 Å². The first kappa shape index (κ1) is 15.9. The maximum absolute atomic E-state index is 12.2. The van der Waals surface area contributed by atoms with E-state index in [9.17, 15) is 9.59 Å². The Hall–Kier alpha value is -2.94. The molecule has 9 heteroatoms. The van der Waals surface area contributed by atoms with E-state index in [2.05, 4.69) is 15.7 Å². The average Bonchev–Trinajstić information content (AvgIpc) is 3.24. The first-order valence-electron chi connectivity index (χ1n) is 7.13. The van der Waals surface area contributed by atoms with E-state index in [1.807, 2.05) is 35.7 Å². The zero-order chi connectivity index (χ0) is 16.9. The van der Waals surface area contributed by atoms with E-state index >= 15 is 0 Å². The lowest BCUT2D eigenvalue weighted by molar-refractivity contribution is -0.122. The van der Waals surface area contributed by atoms with Crippen molar-refractivity contribution in [3.8, 4) is 10.8 Å². The summed E-state index contributed by atoms with van der Waals surface area (Å²) >= 11 is 1.37. The Balaban J connectivity index is 1.62. The summed E-state index contributed by atoms with van der Waals surface area (Å²) in [6.07, 6.45) is 0. The smallest absolute Gasteiger partial charge is 0.369 e. The SMILES string of the molecule is COc1cccc(CNC(=O)Cn2nnn(-c3cccs3)c2=O)c1. The third kappa shape index (κ3) is 3.51. The van der Waals surface area contributed by atoms with Crippen LogP contribution in [-0.4, -0.2) is 32.8 Å². The molecule has 0 aliphatic rings. The van der Waals surface area contributed by atoms with Gasteiger partial charge in [-0.2, -0.15) is 9.36 Å². The van der Waals surface area contributed by atoms with E-state index in [0.29, 0.717) is 11.5 Å². The van der Waals surface area contributed by atoms with Gasteiger partial charge in [-0.3, -0.25) is 4.79 Å². The molecule has 0 bridgehead atoms. The number of aromatic nitrogens is 4. The quantitative estimate of drug-likeness (QED) is 0.714. The summed E-state index contributed by atoms with van der Waals surface area (Å²) in [4.78, 5) is 24.2. The number of amides is 1. The van der Waals surface area contributed by atoms with Crippen molar-refractivity contribution < 1.29 is 9.53 Å². The summed E-state index contributed by atoms with van der Waals surface area (Å²) in [6, 6.07) is 11.0. The summed E-state index contributed by atoms with van der Waals surface area (Å²) < 4.78 is 7.33. The highest BCUT2D eigenvalue weighted by Gasteiger charge is 2.12. The number of carbonyl (C=O) groups excluding carboxylic acids is 1. The van der Waals surface area contributed by atoms with Gasteiger partial charge in [0.1, 0.15) is 17.3 Å². The van der Waals surface area contributed by atoms with Gasteiger partial charge in [0.05, 0.1) is 7.11 Å². The second kappa shape index (κ2) is 7.09. The minimum atomic E-state index is -0.450. The van der Waals surface area contributed by atoms with E-state index in [1.54, 1.807) is 13.2 Å². The van der Waals surface area contributed by atoms with Crippen LogP contribution < -0.4 is 15.7 Å². The summed E-state index contributed by atoms with van der Waals surface area (Å²) in [5.74, 6) is 0.398. The Morgan fingerprint density at radius 2 is 2.17 bits per heavy atom. The molecule has 0 spiro atoms. The van der Waals surface area contributed by atoms with E-state index in [1.165, 1.54) is 16.0 Å². The second-order valence-electron chi connectivity index (χ2n) is 4.91. The fourth-order valence-corrected chi connectivity index (χ4v) is 2.75. The highest BCUT2D eigenvalue weighted by atomic mass is 32.1. The number of hydrogen-bond acceptors (Lipinski definition) is 6. The number of thiophene rings is 1. The maximum atomic E-state index is 12.2. The minimum absolute atomic E-state index is 0.186. The number of carbonyl (C=O) groups is 1. The van der Waals surface area contributed by atoms with Crippen LogP contribution in [0.1, 0.15) is 5.56 Å². The second-order valence-corrected chi connectivity index (χ2v) is 5.84. The largest absolute Gasteiger partial charge is 0.497 e. The molecule has 124 valence electrons. The molecule has 0 aliphatic carbocycles. The van der Waals surface area contributed by atoms with Gasteiger partial charge in [-0.1, -0.05) is 12.1 Å². The zero-order valence-corrected chi connectivity index (χ0v) is 13.7. The molecular formula is C15H15N5O3S. The monoisotopic (exact) mass is 345 g/mol. The van der Waals surface area contributed by atoms with Crippen molar-refractivity contribution in [3.63, 3.8) is 0 Å². The lowest BCUT2D eigenvalue weighted by atomic mass is 10.2. The molecule has 0 fully saturated rings. The summed E-state index contributed by atoms with van der Waals surface area (Å²) in [6.45, 7) is 0.151. The molecule has 0 atom stereocenters.